The van der Waals surface area contributed by atoms with Gasteiger partial charge in [-0.05, 0) is 88.9 Å². The fourth-order valence-electron chi connectivity index (χ4n) is 3.92. The fourth-order valence-corrected chi connectivity index (χ4v) is 3.92. The molecule has 2 aromatic carbocycles. The lowest BCUT2D eigenvalue weighted by atomic mass is 10.0. The lowest BCUT2D eigenvalue weighted by Crippen LogP contribution is -2.21. The van der Waals surface area contributed by atoms with Gasteiger partial charge in [-0.3, -0.25) is 4.79 Å². The third-order valence-corrected chi connectivity index (χ3v) is 5.86. The first-order valence-corrected chi connectivity index (χ1v) is 12.2. The van der Waals surface area contributed by atoms with Gasteiger partial charge in [0.15, 0.2) is 16.8 Å². The van der Waals surface area contributed by atoms with Gasteiger partial charge >= 0.3 is 0 Å². The second-order valence-corrected chi connectivity index (χ2v) is 8.47. The normalized spacial score (nSPS) is 11.2. The van der Waals surface area contributed by atoms with E-state index in [2.05, 4.69) is 22.8 Å². The van der Waals surface area contributed by atoms with E-state index in [-0.39, 0.29) is 22.5 Å². The van der Waals surface area contributed by atoms with Crippen molar-refractivity contribution in [1.29, 1.82) is 0 Å². The average molecular weight is 468 g/mol. The molecule has 184 valence electrons. The molecule has 0 aliphatic carbocycles. The van der Waals surface area contributed by atoms with Crippen LogP contribution < -0.4 is 26.5 Å². The van der Waals surface area contributed by atoms with E-state index >= 15 is 0 Å². The number of methoxy groups -OCH3 is 1. The Morgan fingerprint density at radius 2 is 1.56 bits per heavy atom. The summed E-state index contributed by atoms with van der Waals surface area (Å²) < 4.78 is 11.2. The zero-order chi connectivity index (χ0) is 24.2. The van der Waals surface area contributed by atoms with Crippen LogP contribution in [0.3, 0.4) is 0 Å². The minimum absolute atomic E-state index is 0.0597. The number of ether oxygens (including phenoxy) is 1. The summed E-state index contributed by atoms with van der Waals surface area (Å²) in [5.74, 6) is 0.558. The van der Waals surface area contributed by atoms with E-state index in [4.69, 9.17) is 14.9 Å². The van der Waals surface area contributed by atoms with Crippen molar-refractivity contribution in [3.63, 3.8) is 0 Å². The van der Waals surface area contributed by atoms with Crippen LogP contribution in [0.2, 0.25) is 0 Å². The zero-order valence-corrected chi connectivity index (χ0v) is 20.1. The molecule has 1 aromatic heterocycles. The van der Waals surface area contributed by atoms with Gasteiger partial charge < -0.3 is 30.6 Å². The van der Waals surface area contributed by atoms with Crippen molar-refractivity contribution in [2.24, 2.45) is 5.73 Å². The van der Waals surface area contributed by atoms with E-state index in [0.29, 0.717) is 11.1 Å². The molecule has 0 saturated heterocycles. The minimum atomic E-state index is -0.172. The first-order valence-electron chi connectivity index (χ1n) is 12.2. The van der Waals surface area contributed by atoms with E-state index in [1.807, 2.05) is 12.1 Å². The molecule has 0 bridgehead atoms. The maximum Gasteiger partial charge on any atom is 0.204 e. The highest BCUT2D eigenvalue weighted by molar-refractivity contribution is 5.86. The van der Waals surface area contributed by atoms with Gasteiger partial charge in [0.1, 0.15) is 5.76 Å². The van der Waals surface area contributed by atoms with Gasteiger partial charge in [0.2, 0.25) is 5.75 Å². The van der Waals surface area contributed by atoms with E-state index in [9.17, 15) is 9.90 Å². The largest absolute Gasteiger partial charge is 0.504 e. The monoisotopic (exact) mass is 467 g/mol. The number of aryl methyl sites for hydroxylation is 1. The van der Waals surface area contributed by atoms with Crippen molar-refractivity contribution in [3.05, 3.63) is 58.3 Å². The molecule has 7 nitrogen and oxygen atoms in total. The molecule has 0 spiro atoms. The highest BCUT2D eigenvalue weighted by Gasteiger charge is 2.14. The second-order valence-electron chi connectivity index (χ2n) is 8.47. The average Bonchev–Trinajstić information content (AvgIpc) is 2.85. The van der Waals surface area contributed by atoms with Crippen LogP contribution in [0.15, 0.2) is 51.7 Å². The van der Waals surface area contributed by atoms with Gasteiger partial charge in [0.05, 0.1) is 12.5 Å². The van der Waals surface area contributed by atoms with Crippen LogP contribution >= 0.6 is 0 Å². The van der Waals surface area contributed by atoms with E-state index in [1.165, 1.54) is 37.6 Å². The van der Waals surface area contributed by atoms with Crippen LogP contribution in [-0.2, 0) is 6.42 Å². The van der Waals surface area contributed by atoms with Crippen molar-refractivity contribution >= 4 is 11.0 Å². The highest BCUT2D eigenvalue weighted by atomic mass is 16.5. The Kier molecular flexibility index (Phi) is 10.4. The predicted octanol–water partition coefficient (Wildman–Crippen LogP) is 3.81. The molecular formula is C27H37N3O4. The Bertz CT molecular complexity index is 1080. The zero-order valence-electron chi connectivity index (χ0n) is 20.1. The van der Waals surface area contributed by atoms with Gasteiger partial charge in [-0.2, -0.15) is 0 Å². The Labute approximate surface area is 201 Å². The molecule has 3 rings (SSSR count). The summed E-state index contributed by atoms with van der Waals surface area (Å²) in [5, 5.41) is 17.3. The van der Waals surface area contributed by atoms with Gasteiger partial charge in [0.25, 0.3) is 0 Å². The Morgan fingerprint density at radius 1 is 0.912 bits per heavy atom. The summed E-state index contributed by atoms with van der Waals surface area (Å²) in [4.78, 5) is 12.5. The number of phenols is 1. The number of aromatic hydroxyl groups is 1. The van der Waals surface area contributed by atoms with Gasteiger partial charge in [-0.1, -0.05) is 24.3 Å². The summed E-state index contributed by atoms with van der Waals surface area (Å²) in [7, 11) is 1.44. The number of nitrogens with one attached hydrogen (secondary N) is 2. The molecule has 1 heterocycles. The number of phenolic OH excluding ortho intramolecular Hbond substituents is 1. The van der Waals surface area contributed by atoms with E-state index < -0.39 is 0 Å². The number of rotatable bonds is 15. The molecule has 0 saturated carbocycles. The first kappa shape index (κ1) is 25.7. The molecule has 5 N–H and O–H groups in total. The fraction of sp³-hybridized carbons (Fsp3) is 0.444. The molecule has 7 heteroatoms. The molecule has 0 unspecified atom stereocenters. The summed E-state index contributed by atoms with van der Waals surface area (Å²) in [6.07, 6.45) is 6.69. The summed E-state index contributed by atoms with van der Waals surface area (Å²) in [6, 6.07) is 12.5. The van der Waals surface area contributed by atoms with Gasteiger partial charge in [-0.25, -0.2) is 0 Å². The topological polar surface area (TPSA) is 110 Å². The van der Waals surface area contributed by atoms with Crippen molar-refractivity contribution in [1.82, 2.24) is 10.6 Å². The predicted molar refractivity (Wildman–Crippen MR) is 138 cm³/mol. The van der Waals surface area contributed by atoms with Crippen molar-refractivity contribution in [2.45, 2.75) is 38.5 Å². The molecule has 0 aliphatic rings. The standard InChI is InChI=1S/C27H37N3O4/c1-33-27-23(31)13-12-22-24(32)19-25(34-26(22)27)21-10-8-20(9-11-21)7-2-3-15-29-16-4-5-17-30-18-6-14-28/h8-13,19,29-31H,2-7,14-18,28H2,1H3. The summed E-state index contributed by atoms with van der Waals surface area (Å²) in [6.45, 7) is 4.93. The van der Waals surface area contributed by atoms with Crippen LogP contribution in [0.1, 0.15) is 37.7 Å². The maximum absolute atomic E-state index is 12.5. The summed E-state index contributed by atoms with van der Waals surface area (Å²) in [5.41, 5.74) is 7.63. The number of hydrogen-bond acceptors (Lipinski definition) is 7. The quantitative estimate of drug-likeness (QED) is 0.252. The maximum atomic E-state index is 12.5. The molecule has 34 heavy (non-hydrogen) atoms. The van der Waals surface area contributed by atoms with Crippen LogP contribution in [0.25, 0.3) is 22.3 Å². The minimum Gasteiger partial charge on any atom is -0.504 e. The van der Waals surface area contributed by atoms with Crippen LogP contribution in [0, 0.1) is 0 Å². The van der Waals surface area contributed by atoms with Crippen molar-refractivity contribution in [2.75, 3.05) is 39.8 Å². The Morgan fingerprint density at radius 3 is 2.21 bits per heavy atom. The number of unbranched alkanes of at least 4 members (excludes halogenated alkanes) is 2. The third-order valence-electron chi connectivity index (χ3n) is 5.86. The molecule has 3 aromatic rings. The van der Waals surface area contributed by atoms with Crippen molar-refractivity contribution < 1.29 is 14.3 Å². The molecule has 0 atom stereocenters. The number of benzene rings is 2. The Balaban J connectivity index is 1.43. The molecule has 0 radical (unpaired) electrons. The van der Waals surface area contributed by atoms with E-state index in [0.717, 1.165) is 64.0 Å². The first-order chi connectivity index (χ1) is 16.6. The number of hydrogen-bond donors (Lipinski definition) is 4. The van der Waals surface area contributed by atoms with Crippen LogP contribution in [-0.4, -0.2) is 44.9 Å². The number of fused-ring (bicyclic) bond motifs is 1. The lowest BCUT2D eigenvalue weighted by Gasteiger charge is -2.09. The molecular weight excluding hydrogens is 430 g/mol. The number of nitrogens with two attached hydrogens (primary N) is 1. The lowest BCUT2D eigenvalue weighted by molar-refractivity contribution is 0.371. The molecule has 0 aliphatic heterocycles. The van der Waals surface area contributed by atoms with Crippen LogP contribution in [0.4, 0.5) is 0 Å². The second kappa shape index (κ2) is 13.7. The SMILES string of the molecule is COc1c(O)ccc2c(=O)cc(-c3ccc(CCCCNCCCCNCCCN)cc3)oc12. The molecule has 0 amide bonds. The molecule has 0 fully saturated rings. The highest BCUT2D eigenvalue weighted by Crippen LogP contribution is 2.35. The smallest absolute Gasteiger partial charge is 0.204 e. The third kappa shape index (κ3) is 7.32. The van der Waals surface area contributed by atoms with Crippen molar-refractivity contribution in [3.8, 4) is 22.8 Å². The van der Waals surface area contributed by atoms with Gasteiger partial charge in [-0.15, -0.1) is 0 Å². The Hall–Kier alpha value is -2.87. The summed E-state index contributed by atoms with van der Waals surface area (Å²) >= 11 is 0. The van der Waals surface area contributed by atoms with Crippen LogP contribution in [0.5, 0.6) is 11.5 Å². The van der Waals surface area contributed by atoms with E-state index in [1.54, 1.807) is 6.07 Å². The van der Waals surface area contributed by atoms with Gasteiger partial charge in [0, 0.05) is 11.6 Å².